The van der Waals surface area contributed by atoms with Crippen LogP contribution in [-0.4, -0.2) is 14.8 Å². The molecule has 0 fully saturated rings. The van der Waals surface area contributed by atoms with Crippen molar-refractivity contribution in [2.45, 2.75) is 32.4 Å². The molecule has 2 aromatic rings. The maximum Gasteiger partial charge on any atom is 0.142 e. The fraction of sp³-hybridized carbons (Fsp3) is 0.385. The molecule has 0 spiro atoms. The third kappa shape index (κ3) is 3.11. The number of aromatic nitrogens is 3. The van der Waals surface area contributed by atoms with E-state index in [1.165, 1.54) is 12.4 Å². The van der Waals surface area contributed by atoms with E-state index in [0.29, 0.717) is 12.0 Å². The van der Waals surface area contributed by atoms with Crippen LogP contribution in [0.15, 0.2) is 24.5 Å². The van der Waals surface area contributed by atoms with Crippen LogP contribution in [0.4, 0.5) is 4.39 Å². The van der Waals surface area contributed by atoms with Gasteiger partial charge in [-0.1, -0.05) is 30.7 Å². The summed E-state index contributed by atoms with van der Waals surface area (Å²) in [7, 11) is 0. The molecule has 2 rings (SSSR count). The fourth-order valence-electron chi connectivity index (χ4n) is 1.96. The first-order chi connectivity index (χ1) is 9.13. The Morgan fingerprint density at radius 2 is 2.26 bits per heavy atom. The lowest BCUT2D eigenvalue weighted by molar-refractivity contribution is 0.546. The molecule has 0 aliphatic rings. The van der Waals surface area contributed by atoms with Gasteiger partial charge in [-0.25, -0.2) is 9.37 Å². The molecular weight excluding hydrogens is 267 g/mol. The highest BCUT2D eigenvalue weighted by atomic mass is 35.5. The van der Waals surface area contributed by atoms with Gasteiger partial charge in [0.25, 0.3) is 0 Å². The molecule has 6 heteroatoms. The number of halogens is 2. The minimum Gasteiger partial charge on any atom is -0.324 e. The molecule has 0 saturated heterocycles. The first-order valence-corrected chi connectivity index (χ1v) is 6.57. The molecule has 4 nitrogen and oxygen atoms in total. The summed E-state index contributed by atoms with van der Waals surface area (Å²) in [6.07, 6.45) is 2.94. The molecule has 0 aliphatic heterocycles. The number of aryl methyl sites for hydroxylation is 1. The van der Waals surface area contributed by atoms with Crippen LogP contribution in [0.25, 0.3) is 0 Å². The predicted molar refractivity (Wildman–Crippen MR) is 72.4 cm³/mol. The highest BCUT2D eigenvalue weighted by Gasteiger charge is 2.16. The predicted octanol–water partition coefficient (Wildman–Crippen LogP) is 2.72. The van der Waals surface area contributed by atoms with E-state index < -0.39 is 11.9 Å². The van der Waals surface area contributed by atoms with Crippen molar-refractivity contribution in [1.29, 1.82) is 0 Å². The second-order valence-electron chi connectivity index (χ2n) is 4.35. The van der Waals surface area contributed by atoms with Crippen LogP contribution >= 0.6 is 11.6 Å². The van der Waals surface area contributed by atoms with Gasteiger partial charge in [0.15, 0.2) is 0 Å². The van der Waals surface area contributed by atoms with Gasteiger partial charge in [0.2, 0.25) is 0 Å². The molecule has 0 bridgehead atoms. The van der Waals surface area contributed by atoms with Gasteiger partial charge >= 0.3 is 0 Å². The van der Waals surface area contributed by atoms with Gasteiger partial charge in [0, 0.05) is 19.0 Å². The Labute approximate surface area is 116 Å². The highest BCUT2D eigenvalue weighted by Crippen LogP contribution is 2.26. The van der Waals surface area contributed by atoms with Crippen LogP contribution in [0.3, 0.4) is 0 Å². The molecule has 0 aliphatic carbocycles. The summed E-state index contributed by atoms with van der Waals surface area (Å²) >= 11 is 5.93. The van der Waals surface area contributed by atoms with E-state index in [0.717, 1.165) is 18.8 Å². The van der Waals surface area contributed by atoms with E-state index in [2.05, 4.69) is 17.0 Å². The van der Waals surface area contributed by atoms with Crippen LogP contribution in [0.1, 0.15) is 30.8 Å². The number of rotatable bonds is 5. The average molecular weight is 283 g/mol. The molecule has 1 aromatic heterocycles. The van der Waals surface area contributed by atoms with Gasteiger partial charge in [-0.15, -0.1) is 0 Å². The van der Waals surface area contributed by atoms with Gasteiger partial charge in [-0.3, -0.25) is 4.68 Å². The summed E-state index contributed by atoms with van der Waals surface area (Å²) in [5.74, 6) is 0.333. The Bertz CT molecular complexity index is 555. The van der Waals surface area contributed by atoms with E-state index >= 15 is 0 Å². The molecule has 1 unspecified atom stereocenters. The summed E-state index contributed by atoms with van der Waals surface area (Å²) in [5.41, 5.74) is 6.68. The van der Waals surface area contributed by atoms with E-state index in [4.69, 9.17) is 17.3 Å². The van der Waals surface area contributed by atoms with Crippen molar-refractivity contribution >= 4 is 11.6 Å². The first kappa shape index (κ1) is 14.0. The monoisotopic (exact) mass is 282 g/mol. The molecule has 1 atom stereocenters. The maximum atomic E-state index is 13.4. The van der Waals surface area contributed by atoms with Crippen molar-refractivity contribution in [1.82, 2.24) is 14.8 Å². The molecule has 0 amide bonds. The maximum absolute atomic E-state index is 13.4. The number of nitrogens with zero attached hydrogens (tertiary/aromatic N) is 3. The van der Waals surface area contributed by atoms with Gasteiger partial charge < -0.3 is 5.73 Å². The summed E-state index contributed by atoms with van der Waals surface area (Å²) in [4.78, 5) is 4.19. The van der Waals surface area contributed by atoms with Gasteiger partial charge in [-0.2, -0.15) is 5.10 Å². The fourth-order valence-corrected chi connectivity index (χ4v) is 2.22. The zero-order chi connectivity index (χ0) is 13.8. The second-order valence-corrected chi connectivity index (χ2v) is 4.73. The molecule has 19 heavy (non-hydrogen) atoms. The van der Waals surface area contributed by atoms with Crippen LogP contribution in [0, 0.1) is 5.82 Å². The molecule has 0 saturated carbocycles. The smallest absolute Gasteiger partial charge is 0.142 e. The van der Waals surface area contributed by atoms with Crippen molar-refractivity contribution < 1.29 is 4.39 Å². The SMILES string of the molecule is CCCn1ncnc1CC(N)c1cccc(F)c1Cl. The summed E-state index contributed by atoms with van der Waals surface area (Å²) in [6, 6.07) is 4.25. The highest BCUT2D eigenvalue weighted by molar-refractivity contribution is 6.31. The lowest BCUT2D eigenvalue weighted by atomic mass is 10.0. The standard InChI is InChI=1S/C13H16ClFN4/c1-2-6-19-12(17-8-18-19)7-11(16)9-4-3-5-10(15)13(9)14/h3-5,8,11H,2,6-7,16H2,1H3. The van der Waals surface area contributed by atoms with Crippen molar-refractivity contribution in [3.8, 4) is 0 Å². The van der Waals surface area contributed by atoms with Crippen LogP contribution in [0.5, 0.6) is 0 Å². The molecular formula is C13H16ClFN4. The van der Waals surface area contributed by atoms with Crippen LogP contribution in [0.2, 0.25) is 5.02 Å². The zero-order valence-corrected chi connectivity index (χ0v) is 11.4. The van der Waals surface area contributed by atoms with E-state index in [1.807, 2.05) is 4.68 Å². The van der Waals surface area contributed by atoms with Crippen molar-refractivity contribution in [2.24, 2.45) is 5.73 Å². The Balaban J connectivity index is 2.18. The van der Waals surface area contributed by atoms with Gasteiger partial charge in [0.05, 0.1) is 5.02 Å². The van der Waals surface area contributed by atoms with Crippen LogP contribution in [-0.2, 0) is 13.0 Å². The minimum atomic E-state index is -0.454. The second kappa shape index (κ2) is 6.12. The zero-order valence-electron chi connectivity index (χ0n) is 10.7. The third-order valence-corrected chi connectivity index (χ3v) is 3.31. The van der Waals surface area contributed by atoms with Crippen LogP contribution < -0.4 is 5.73 Å². The van der Waals surface area contributed by atoms with Crippen molar-refractivity contribution in [3.63, 3.8) is 0 Å². The number of hydrogen-bond donors (Lipinski definition) is 1. The van der Waals surface area contributed by atoms with Gasteiger partial charge in [0.1, 0.15) is 18.0 Å². The average Bonchev–Trinajstić information content (AvgIpc) is 2.80. The van der Waals surface area contributed by atoms with Crippen molar-refractivity contribution in [2.75, 3.05) is 0 Å². The molecule has 2 N–H and O–H groups in total. The van der Waals surface area contributed by atoms with Gasteiger partial charge in [-0.05, 0) is 18.1 Å². The summed E-state index contributed by atoms with van der Waals surface area (Å²) < 4.78 is 15.2. The Kier molecular flexibility index (Phi) is 4.50. The number of benzene rings is 1. The Hall–Kier alpha value is -1.46. The van der Waals surface area contributed by atoms with Crippen molar-refractivity contribution in [3.05, 3.63) is 46.8 Å². The third-order valence-electron chi connectivity index (χ3n) is 2.91. The quantitative estimate of drug-likeness (QED) is 0.917. The Morgan fingerprint density at radius 3 is 3.00 bits per heavy atom. The molecule has 0 radical (unpaired) electrons. The number of hydrogen-bond acceptors (Lipinski definition) is 3. The first-order valence-electron chi connectivity index (χ1n) is 6.19. The summed E-state index contributed by atoms with van der Waals surface area (Å²) in [5, 5.41) is 4.22. The molecule has 102 valence electrons. The lowest BCUT2D eigenvalue weighted by Gasteiger charge is -2.14. The summed E-state index contributed by atoms with van der Waals surface area (Å²) in [6.45, 7) is 2.85. The topological polar surface area (TPSA) is 56.7 Å². The molecule has 1 heterocycles. The normalized spacial score (nSPS) is 12.6. The lowest BCUT2D eigenvalue weighted by Crippen LogP contribution is -2.18. The minimum absolute atomic E-state index is 0.0801. The van der Waals surface area contributed by atoms with E-state index in [-0.39, 0.29) is 5.02 Å². The largest absolute Gasteiger partial charge is 0.324 e. The van der Waals surface area contributed by atoms with E-state index in [1.54, 1.807) is 12.1 Å². The molecule has 1 aromatic carbocycles. The Morgan fingerprint density at radius 1 is 1.47 bits per heavy atom. The number of nitrogens with two attached hydrogens (primary N) is 1. The van der Waals surface area contributed by atoms with E-state index in [9.17, 15) is 4.39 Å².